The number of alkyl halides is 2. The third kappa shape index (κ3) is 4.62. The standard InChI is InChI=1S/C14H25F2NO3/c15-13(16)10-19-5-2-12(17)11-1-6-20-14(9-11)3-7-18-8-4-14/h11-13H,1-10,17H2. The molecule has 2 atom stereocenters. The first kappa shape index (κ1) is 16.1. The largest absolute Gasteiger partial charge is 0.381 e. The molecule has 0 aromatic heterocycles. The summed E-state index contributed by atoms with van der Waals surface area (Å²) < 4.78 is 40.2. The summed E-state index contributed by atoms with van der Waals surface area (Å²) in [7, 11) is 0. The van der Waals surface area contributed by atoms with E-state index in [2.05, 4.69) is 0 Å². The van der Waals surface area contributed by atoms with Crippen LogP contribution in [0, 0.1) is 5.92 Å². The maximum atomic E-state index is 12.0. The summed E-state index contributed by atoms with van der Waals surface area (Å²) in [5, 5.41) is 0. The van der Waals surface area contributed by atoms with Crippen LogP contribution in [0.2, 0.25) is 0 Å². The number of hydrogen-bond acceptors (Lipinski definition) is 4. The third-order valence-electron chi connectivity index (χ3n) is 4.38. The number of halogens is 2. The highest BCUT2D eigenvalue weighted by Gasteiger charge is 2.40. The third-order valence-corrected chi connectivity index (χ3v) is 4.38. The van der Waals surface area contributed by atoms with Gasteiger partial charge in [0.25, 0.3) is 6.43 Å². The second-order valence-electron chi connectivity index (χ2n) is 5.82. The van der Waals surface area contributed by atoms with Crippen LogP contribution in [0.3, 0.4) is 0 Å². The molecule has 0 aromatic carbocycles. The number of hydrogen-bond donors (Lipinski definition) is 1. The quantitative estimate of drug-likeness (QED) is 0.761. The van der Waals surface area contributed by atoms with Crippen LogP contribution in [0.25, 0.3) is 0 Å². The maximum absolute atomic E-state index is 12.0. The Morgan fingerprint density at radius 1 is 1.25 bits per heavy atom. The number of ether oxygens (including phenoxy) is 3. The minimum absolute atomic E-state index is 0.00343. The summed E-state index contributed by atoms with van der Waals surface area (Å²) >= 11 is 0. The fourth-order valence-electron chi connectivity index (χ4n) is 3.15. The van der Waals surface area contributed by atoms with Crippen molar-refractivity contribution >= 4 is 0 Å². The molecule has 0 aliphatic carbocycles. The van der Waals surface area contributed by atoms with Gasteiger partial charge in [-0.05, 0) is 38.0 Å². The average molecular weight is 293 g/mol. The summed E-state index contributed by atoms with van der Waals surface area (Å²) in [6.07, 6.45) is 1.98. The fourth-order valence-corrected chi connectivity index (χ4v) is 3.15. The normalized spacial score (nSPS) is 27.9. The molecule has 0 amide bonds. The molecule has 0 aromatic rings. The predicted octanol–water partition coefficient (Wildman–Crippen LogP) is 1.96. The zero-order valence-corrected chi connectivity index (χ0v) is 11.9. The van der Waals surface area contributed by atoms with E-state index in [4.69, 9.17) is 19.9 Å². The van der Waals surface area contributed by atoms with Gasteiger partial charge in [-0.25, -0.2) is 8.78 Å². The summed E-state index contributed by atoms with van der Waals surface area (Å²) in [4.78, 5) is 0. The molecule has 0 saturated carbocycles. The van der Waals surface area contributed by atoms with Gasteiger partial charge >= 0.3 is 0 Å². The van der Waals surface area contributed by atoms with Crippen molar-refractivity contribution in [2.24, 2.45) is 11.7 Å². The van der Waals surface area contributed by atoms with Gasteiger partial charge in [-0.1, -0.05) is 0 Å². The van der Waals surface area contributed by atoms with E-state index in [1.165, 1.54) is 0 Å². The zero-order chi connectivity index (χ0) is 14.4. The van der Waals surface area contributed by atoms with E-state index < -0.39 is 13.0 Å². The van der Waals surface area contributed by atoms with Gasteiger partial charge in [0, 0.05) is 32.5 Å². The van der Waals surface area contributed by atoms with Gasteiger partial charge in [-0.15, -0.1) is 0 Å². The van der Waals surface area contributed by atoms with Crippen molar-refractivity contribution < 1.29 is 23.0 Å². The first-order valence-electron chi connectivity index (χ1n) is 7.44. The van der Waals surface area contributed by atoms with E-state index in [1.54, 1.807) is 0 Å². The molecule has 6 heteroatoms. The lowest BCUT2D eigenvalue weighted by atomic mass is 9.77. The molecule has 0 bridgehead atoms. The van der Waals surface area contributed by atoms with Crippen LogP contribution in [0.1, 0.15) is 32.1 Å². The Kier molecular flexibility index (Phi) is 6.14. The molecule has 4 nitrogen and oxygen atoms in total. The summed E-state index contributed by atoms with van der Waals surface area (Å²) in [5.74, 6) is 0.386. The van der Waals surface area contributed by atoms with Gasteiger partial charge < -0.3 is 19.9 Å². The predicted molar refractivity (Wildman–Crippen MR) is 70.9 cm³/mol. The first-order valence-corrected chi connectivity index (χ1v) is 7.44. The van der Waals surface area contributed by atoms with E-state index in [1.807, 2.05) is 0 Å². The smallest absolute Gasteiger partial charge is 0.261 e. The zero-order valence-electron chi connectivity index (χ0n) is 11.9. The van der Waals surface area contributed by atoms with Crippen molar-refractivity contribution in [3.05, 3.63) is 0 Å². The molecule has 118 valence electrons. The molecule has 20 heavy (non-hydrogen) atoms. The highest BCUT2D eigenvalue weighted by Crippen LogP contribution is 2.38. The van der Waals surface area contributed by atoms with Crippen molar-refractivity contribution in [3.63, 3.8) is 0 Å². The second-order valence-corrected chi connectivity index (χ2v) is 5.82. The molecular weight excluding hydrogens is 268 g/mol. The second kappa shape index (κ2) is 7.64. The molecule has 2 aliphatic rings. The maximum Gasteiger partial charge on any atom is 0.261 e. The highest BCUT2D eigenvalue weighted by molar-refractivity contribution is 4.91. The first-order chi connectivity index (χ1) is 9.61. The van der Waals surface area contributed by atoms with E-state index in [9.17, 15) is 8.78 Å². The number of rotatable bonds is 6. The molecule has 2 aliphatic heterocycles. The van der Waals surface area contributed by atoms with Gasteiger partial charge in [-0.2, -0.15) is 0 Å². The van der Waals surface area contributed by atoms with Crippen LogP contribution in [0.15, 0.2) is 0 Å². The highest BCUT2D eigenvalue weighted by atomic mass is 19.3. The van der Waals surface area contributed by atoms with E-state index >= 15 is 0 Å². The lowest BCUT2D eigenvalue weighted by Gasteiger charge is -2.44. The molecule has 2 unspecified atom stereocenters. The van der Waals surface area contributed by atoms with Crippen molar-refractivity contribution in [2.45, 2.75) is 50.2 Å². The van der Waals surface area contributed by atoms with Gasteiger partial charge in [0.05, 0.1) is 5.60 Å². The molecule has 1 spiro atoms. The van der Waals surface area contributed by atoms with Gasteiger partial charge in [0.1, 0.15) is 6.61 Å². The Morgan fingerprint density at radius 3 is 2.70 bits per heavy atom. The number of nitrogens with two attached hydrogens (primary N) is 1. The van der Waals surface area contributed by atoms with Gasteiger partial charge in [0.15, 0.2) is 0 Å². The van der Waals surface area contributed by atoms with Crippen LogP contribution >= 0.6 is 0 Å². The summed E-state index contributed by atoms with van der Waals surface area (Å²) in [6, 6.07) is -0.00343. The van der Waals surface area contributed by atoms with Crippen molar-refractivity contribution in [2.75, 3.05) is 33.0 Å². The topological polar surface area (TPSA) is 53.7 Å². The van der Waals surface area contributed by atoms with E-state index in [0.717, 1.165) is 45.5 Å². The van der Waals surface area contributed by atoms with Gasteiger partial charge in [-0.3, -0.25) is 0 Å². The molecular formula is C14H25F2NO3. The Balaban J connectivity index is 1.73. The molecule has 2 heterocycles. The Labute approximate surface area is 118 Å². The molecule has 2 fully saturated rings. The Hall–Kier alpha value is -0.300. The monoisotopic (exact) mass is 293 g/mol. The summed E-state index contributed by atoms with van der Waals surface area (Å²) in [5.41, 5.74) is 6.13. The van der Waals surface area contributed by atoms with E-state index in [-0.39, 0.29) is 11.6 Å². The summed E-state index contributed by atoms with van der Waals surface area (Å²) in [6.45, 7) is 2.04. The molecule has 2 saturated heterocycles. The van der Waals surface area contributed by atoms with Crippen LogP contribution < -0.4 is 5.73 Å². The minimum Gasteiger partial charge on any atom is -0.381 e. The van der Waals surface area contributed by atoms with Crippen molar-refractivity contribution in [1.29, 1.82) is 0 Å². The van der Waals surface area contributed by atoms with E-state index in [0.29, 0.717) is 18.9 Å². The van der Waals surface area contributed by atoms with Crippen LogP contribution in [0.5, 0.6) is 0 Å². The molecule has 2 N–H and O–H groups in total. The van der Waals surface area contributed by atoms with Crippen LogP contribution in [-0.4, -0.2) is 51.1 Å². The van der Waals surface area contributed by atoms with Crippen LogP contribution in [0.4, 0.5) is 8.78 Å². The molecule has 0 radical (unpaired) electrons. The van der Waals surface area contributed by atoms with Crippen molar-refractivity contribution in [1.82, 2.24) is 0 Å². The SMILES string of the molecule is NC(CCOCC(F)F)C1CCOC2(CCOCC2)C1. The van der Waals surface area contributed by atoms with Gasteiger partial charge in [0.2, 0.25) is 0 Å². The lowest BCUT2D eigenvalue weighted by Crippen LogP contribution is -2.48. The fraction of sp³-hybridized carbons (Fsp3) is 1.00. The Bertz CT molecular complexity index is 280. The molecule has 2 rings (SSSR count). The minimum atomic E-state index is -2.40. The Morgan fingerprint density at radius 2 is 2.00 bits per heavy atom. The van der Waals surface area contributed by atoms with Crippen molar-refractivity contribution in [3.8, 4) is 0 Å². The lowest BCUT2D eigenvalue weighted by molar-refractivity contribution is -0.149. The average Bonchev–Trinajstić information content (AvgIpc) is 2.44. The van der Waals surface area contributed by atoms with Crippen LogP contribution in [-0.2, 0) is 14.2 Å².